The lowest BCUT2D eigenvalue weighted by atomic mass is 10.1. The number of nitrogens with one attached hydrogen (secondary N) is 2. The summed E-state index contributed by atoms with van der Waals surface area (Å²) < 4.78 is 34.0. The second-order valence-electron chi connectivity index (χ2n) is 8.43. The van der Waals surface area contributed by atoms with E-state index in [1.165, 1.54) is 23.3 Å². The molecule has 3 atom stereocenters. The van der Waals surface area contributed by atoms with Crippen molar-refractivity contribution >= 4 is 38.8 Å². The van der Waals surface area contributed by atoms with Crippen molar-refractivity contribution in [3.8, 4) is 0 Å². The normalized spacial score (nSPS) is 25.4. The number of benzene rings is 1. The lowest BCUT2D eigenvalue weighted by Crippen LogP contribution is -2.48. The van der Waals surface area contributed by atoms with E-state index >= 15 is 0 Å². The summed E-state index contributed by atoms with van der Waals surface area (Å²) in [4.78, 5) is 12.7. The summed E-state index contributed by atoms with van der Waals surface area (Å²) >= 11 is 0. The highest BCUT2D eigenvalue weighted by Crippen LogP contribution is 2.33. The van der Waals surface area contributed by atoms with Gasteiger partial charge in [0.1, 0.15) is 18.5 Å². The van der Waals surface area contributed by atoms with Gasteiger partial charge in [0.25, 0.3) is 0 Å². The fraction of sp³-hybridized carbons (Fsp3) is 0.381. The Hall–Kier alpha value is -3.10. The number of nitrogens with two attached hydrogens (primary N) is 1. The molecule has 13 heteroatoms. The predicted molar refractivity (Wildman–Crippen MR) is 125 cm³/mol. The Bertz CT molecular complexity index is 1340. The number of nitrogen functional groups attached to an aromatic ring is 1. The van der Waals surface area contributed by atoms with Gasteiger partial charge in [0.15, 0.2) is 22.7 Å². The number of aromatic nitrogens is 4. The van der Waals surface area contributed by atoms with Gasteiger partial charge in [-0.3, -0.25) is 4.57 Å². The molecule has 1 aromatic carbocycles. The number of sulfonamides is 1. The number of rotatable bonds is 8. The van der Waals surface area contributed by atoms with E-state index in [1.807, 2.05) is 0 Å². The summed E-state index contributed by atoms with van der Waals surface area (Å²) in [5, 5.41) is 26.4. The zero-order valence-electron chi connectivity index (χ0n) is 18.1. The van der Waals surface area contributed by atoms with E-state index in [9.17, 15) is 18.6 Å². The molecular weight excluding hydrogens is 462 g/mol. The Kier molecular flexibility index (Phi) is 5.73. The Morgan fingerprint density at radius 3 is 2.82 bits per heavy atom. The van der Waals surface area contributed by atoms with Crippen LogP contribution >= 0.6 is 0 Å². The number of aliphatic hydroxyl groups is 2. The molecule has 2 fully saturated rings. The van der Waals surface area contributed by atoms with Gasteiger partial charge in [-0.1, -0.05) is 18.2 Å². The number of fused-ring (bicyclic) bond motifs is 1. The summed E-state index contributed by atoms with van der Waals surface area (Å²) in [5.74, 6) is 0.554. The minimum atomic E-state index is -3.85. The number of nitrogens with zero attached hydrogens (tertiary/aromatic N) is 4. The maximum Gasteiger partial charge on any atom is 0.233 e. The molecule has 34 heavy (non-hydrogen) atoms. The molecule has 2 aromatic heterocycles. The first-order valence-corrected chi connectivity index (χ1v) is 12.3. The summed E-state index contributed by atoms with van der Waals surface area (Å²) in [7, 11) is -3.85. The van der Waals surface area contributed by atoms with E-state index in [4.69, 9.17) is 10.5 Å². The standard InChI is InChI=1S/C21H25N7O5S/c22-15-4-2-1-3-13(15)7-8-34(31,32)26-9-16-18(29)21(30,10-33-16)28-12-25-17-19(27-14-5-6-14)23-11-24-20(17)28/h1-4,7-8,11-12,14,16,18,26,29-30H,5-6,9-10,22H2,(H,23,24,27)/b8-7+/t16-,18-,21-/m1/s1. The molecule has 1 saturated carbocycles. The minimum Gasteiger partial charge on any atom is -0.398 e. The highest BCUT2D eigenvalue weighted by molar-refractivity contribution is 7.92. The zero-order valence-corrected chi connectivity index (χ0v) is 18.9. The van der Waals surface area contributed by atoms with Crippen molar-refractivity contribution in [2.24, 2.45) is 0 Å². The van der Waals surface area contributed by atoms with Crippen LogP contribution in [0.5, 0.6) is 0 Å². The molecule has 0 unspecified atom stereocenters. The molecule has 6 N–H and O–H groups in total. The average molecular weight is 488 g/mol. The molecule has 0 bridgehead atoms. The molecule has 0 amide bonds. The fourth-order valence-corrected chi connectivity index (χ4v) is 4.62. The quantitative estimate of drug-likeness (QED) is 0.271. The van der Waals surface area contributed by atoms with Gasteiger partial charge in [0.2, 0.25) is 10.0 Å². The maximum absolute atomic E-state index is 12.4. The largest absolute Gasteiger partial charge is 0.398 e. The molecule has 1 aliphatic heterocycles. The van der Waals surface area contributed by atoms with E-state index in [-0.39, 0.29) is 13.2 Å². The molecule has 12 nitrogen and oxygen atoms in total. The number of para-hydroxylation sites is 1. The molecule has 0 radical (unpaired) electrons. The Morgan fingerprint density at radius 1 is 1.26 bits per heavy atom. The van der Waals surface area contributed by atoms with Gasteiger partial charge in [-0.2, -0.15) is 0 Å². The average Bonchev–Trinajstić information content (AvgIpc) is 3.44. The van der Waals surface area contributed by atoms with Crippen LogP contribution in [0.1, 0.15) is 18.4 Å². The molecule has 0 spiro atoms. The molecule has 2 aliphatic rings. The van der Waals surface area contributed by atoms with Crippen LogP contribution in [0.15, 0.2) is 42.3 Å². The van der Waals surface area contributed by atoms with E-state index in [0.717, 1.165) is 18.2 Å². The minimum absolute atomic E-state index is 0.253. The molecule has 3 aromatic rings. The van der Waals surface area contributed by atoms with Gasteiger partial charge < -0.3 is 26.0 Å². The van der Waals surface area contributed by atoms with E-state index in [0.29, 0.717) is 34.3 Å². The second kappa shape index (κ2) is 8.60. The van der Waals surface area contributed by atoms with E-state index in [2.05, 4.69) is 25.0 Å². The molecule has 1 aliphatic carbocycles. The molecule has 180 valence electrons. The number of hydrogen-bond donors (Lipinski definition) is 5. The summed E-state index contributed by atoms with van der Waals surface area (Å²) in [6.45, 7) is -0.533. The SMILES string of the molecule is Nc1ccccc1/C=C/S(=O)(=O)NC[C@H]1OC[C@](O)(n2cnc3c(NC4CC4)ncnc32)[C@@H]1O. The van der Waals surface area contributed by atoms with E-state index in [1.54, 1.807) is 24.3 Å². The fourth-order valence-electron chi connectivity index (χ4n) is 3.80. The third-order valence-electron chi connectivity index (χ3n) is 5.91. The number of imidazole rings is 1. The van der Waals surface area contributed by atoms with Crippen LogP contribution < -0.4 is 15.8 Å². The highest BCUT2D eigenvalue weighted by atomic mass is 32.2. The number of aliphatic hydroxyl groups excluding tert-OH is 1. The smallest absolute Gasteiger partial charge is 0.233 e. The van der Waals surface area contributed by atoms with Gasteiger partial charge in [0.05, 0.1) is 12.9 Å². The zero-order chi connectivity index (χ0) is 23.9. The van der Waals surface area contributed by atoms with Crippen molar-refractivity contribution in [3.05, 3.63) is 47.9 Å². The first-order valence-electron chi connectivity index (χ1n) is 10.8. The van der Waals surface area contributed by atoms with E-state index < -0.39 is 28.0 Å². The monoisotopic (exact) mass is 487 g/mol. The van der Waals surface area contributed by atoms with Crippen molar-refractivity contribution in [1.82, 2.24) is 24.2 Å². The van der Waals surface area contributed by atoms with Crippen LogP contribution in [0.3, 0.4) is 0 Å². The summed E-state index contributed by atoms with van der Waals surface area (Å²) in [6.07, 6.45) is 3.75. The van der Waals surface area contributed by atoms with Crippen LogP contribution in [0.25, 0.3) is 17.2 Å². The third kappa shape index (κ3) is 4.35. The van der Waals surface area contributed by atoms with Gasteiger partial charge in [-0.05, 0) is 30.5 Å². The topological polar surface area (TPSA) is 178 Å². The van der Waals surface area contributed by atoms with Gasteiger partial charge >= 0.3 is 0 Å². The van der Waals surface area contributed by atoms with Gasteiger partial charge in [-0.15, -0.1) is 0 Å². The Morgan fingerprint density at radius 2 is 2.06 bits per heavy atom. The Labute approximate surface area is 195 Å². The van der Waals surface area contributed by atoms with Crippen molar-refractivity contribution in [2.75, 3.05) is 24.2 Å². The van der Waals surface area contributed by atoms with Crippen LogP contribution in [-0.2, 0) is 20.5 Å². The van der Waals surface area contributed by atoms with Gasteiger partial charge in [-0.25, -0.2) is 28.1 Å². The van der Waals surface area contributed by atoms with Crippen LogP contribution in [0.2, 0.25) is 0 Å². The molecule has 3 heterocycles. The van der Waals surface area contributed by atoms with Crippen molar-refractivity contribution in [3.63, 3.8) is 0 Å². The first-order chi connectivity index (χ1) is 16.3. The lowest BCUT2D eigenvalue weighted by molar-refractivity contribution is -0.107. The number of ether oxygens (including phenoxy) is 1. The van der Waals surface area contributed by atoms with Crippen molar-refractivity contribution in [1.29, 1.82) is 0 Å². The predicted octanol–water partition coefficient (Wildman–Crippen LogP) is -0.0221. The summed E-state index contributed by atoms with van der Waals surface area (Å²) in [5.41, 5.74) is 5.73. The lowest BCUT2D eigenvalue weighted by Gasteiger charge is -2.27. The van der Waals surface area contributed by atoms with Crippen LogP contribution in [0.4, 0.5) is 11.5 Å². The third-order valence-corrected chi connectivity index (χ3v) is 6.98. The maximum atomic E-state index is 12.4. The number of anilines is 2. The van der Waals surface area contributed by atoms with Gasteiger partial charge in [0, 0.05) is 23.7 Å². The molecule has 1 saturated heterocycles. The first kappa shape index (κ1) is 22.7. The Balaban J connectivity index is 1.29. The van der Waals surface area contributed by atoms with Crippen LogP contribution in [-0.4, -0.2) is 69.6 Å². The van der Waals surface area contributed by atoms with Crippen molar-refractivity contribution < 1.29 is 23.4 Å². The highest BCUT2D eigenvalue weighted by Gasteiger charge is 2.50. The van der Waals surface area contributed by atoms with Crippen LogP contribution in [0, 0.1) is 0 Å². The molecular formula is C21H25N7O5S. The molecule has 5 rings (SSSR count). The summed E-state index contributed by atoms with van der Waals surface area (Å²) in [6, 6.07) is 7.19. The number of hydrogen-bond acceptors (Lipinski definition) is 10. The van der Waals surface area contributed by atoms with Crippen molar-refractivity contribution in [2.45, 2.75) is 36.8 Å². The second-order valence-corrected chi connectivity index (χ2v) is 10.1.